The fraction of sp³-hybridized carbons (Fsp3) is 0.160. The summed E-state index contributed by atoms with van der Waals surface area (Å²) in [6, 6.07) is 19.6. The van der Waals surface area contributed by atoms with Crippen LogP contribution in [-0.2, 0) is 0 Å². The zero-order chi connectivity index (χ0) is 21.5. The smallest absolute Gasteiger partial charge is 0.203 e. The number of para-hydroxylation sites is 1. The number of ketones is 1. The number of fused-ring (bicyclic) bond motifs is 3. The van der Waals surface area contributed by atoms with Crippen molar-refractivity contribution in [1.29, 1.82) is 0 Å². The van der Waals surface area contributed by atoms with Gasteiger partial charge in [0.05, 0.1) is 38.0 Å². The number of thioether (sulfide) groups is 1. The molecule has 0 saturated carbocycles. The Kier molecular flexibility index (Phi) is 4.87. The number of methoxy groups -OCH3 is 3. The zero-order valence-corrected chi connectivity index (χ0v) is 18.2. The molecular formula is C25H21NO4S. The lowest BCUT2D eigenvalue weighted by atomic mass is 9.99. The van der Waals surface area contributed by atoms with E-state index in [1.54, 1.807) is 33.1 Å². The number of hydrogen-bond acceptors (Lipinski definition) is 6. The molecule has 0 fully saturated rings. The summed E-state index contributed by atoms with van der Waals surface area (Å²) in [5, 5.41) is 3.25. The van der Waals surface area contributed by atoms with Crippen LogP contribution in [0.5, 0.6) is 17.2 Å². The van der Waals surface area contributed by atoms with Crippen LogP contribution in [0.25, 0.3) is 5.70 Å². The quantitative estimate of drug-likeness (QED) is 0.582. The lowest BCUT2D eigenvalue weighted by Crippen LogP contribution is -2.09. The predicted octanol–water partition coefficient (Wildman–Crippen LogP) is 5.58. The first kappa shape index (κ1) is 19.6. The Morgan fingerprint density at radius 3 is 2.26 bits per heavy atom. The molecule has 1 aliphatic carbocycles. The van der Waals surface area contributed by atoms with Gasteiger partial charge in [0.2, 0.25) is 5.75 Å². The van der Waals surface area contributed by atoms with Gasteiger partial charge < -0.3 is 19.5 Å². The van der Waals surface area contributed by atoms with Crippen LogP contribution in [0.2, 0.25) is 0 Å². The van der Waals surface area contributed by atoms with Crippen molar-refractivity contribution in [1.82, 2.24) is 0 Å². The minimum absolute atomic E-state index is 0.0280. The Bertz CT molecular complexity index is 1230. The van der Waals surface area contributed by atoms with Crippen LogP contribution < -0.4 is 19.5 Å². The topological polar surface area (TPSA) is 56.8 Å². The van der Waals surface area contributed by atoms with E-state index in [2.05, 4.69) is 11.4 Å². The van der Waals surface area contributed by atoms with Crippen molar-refractivity contribution in [3.8, 4) is 17.2 Å². The highest BCUT2D eigenvalue weighted by Crippen LogP contribution is 2.56. The maximum Gasteiger partial charge on any atom is 0.203 e. The number of Topliss-reactive ketones (excluding diaryl/α,β-unsaturated/α-hetero) is 1. The molecule has 0 bridgehead atoms. The standard InChI is InChI=1S/C25H21NO4S/c1-28-18-13-12-16(23(29-2)24(18)30-3)25-20-21(14-8-4-5-9-15(14)22(20)27)26-17-10-6-7-11-19(17)31-25/h4-13,25-26H,1-3H3. The molecule has 1 N–H and O–H groups in total. The van der Waals surface area contributed by atoms with Crippen molar-refractivity contribution in [3.63, 3.8) is 0 Å². The molecule has 1 aliphatic heterocycles. The normalized spacial score (nSPS) is 16.6. The summed E-state index contributed by atoms with van der Waals surface area (Å²) >= 11 is 1.63. The summed E-state index contributed by atoms with van der Waals surface area (Å²) in [6.07, 6.45) is 0. The molecule has 1 heterocycles. The molecular weight excluding hydrogens is 410 g/mol. The van der Waals surface area contributed by atoms with Gasteiger partial charge in [-0.1, -0.05) is 36.4 Å². The average Bonchev–Trinajstić information content (AvgIpc) is 2.97. The summed E-state index contributed by atoms with van der Waals surface area (Å²) in [6.45, 7) is 0. The summed E-state index contributed by atoms with van der Waals surface area (Å²) in [5.74, 6) is 1.68. The second kappa shape index (κ2) is 7.71. The highest BCUT2D eigenvalue weighted by molar-refractivity contribution is 8.00. The lowest BCUT2D eigenvalue weighted by Gasteiger charge is -2.22. The second-order valence-corrected chi connectivity index (χ2v) is 8.35. The number of carbonyl (C=O) groups is 1. The minimum Gasteiger partial charge on any atom is -0.493 e. The van der Waals surface area contributed by atoms with Crippen LogP contribution in [0, 0.1) is 0 Å². The number of carbonyl (C=O) groups excluding carboxylic acids is 1. The van der Waals surface area contributed by atoms with Crippen LogP contribution in [0.1, 0.15) is 26.7 Å². The second-order valence-electron chi connectivity index (χ2n) is 7.21. The van der Waals surface area contributed by atoms with Gasteiger partial charge in [-0.15, -0.1) is 11.8 Å². The van der Waals surface area contributed by atoms with Gasteiger partial charge in [-0.2, -0.15) is 0 Å². The summed E-state index contributed by atoms with van der Waals surface area (Å²) < 4.78 is 16.9. The van der Waals surface area contributed by atoms with Gasteiger partial charge >= 0.3 is 0 Å². The highest BCUT2D eigenvalue weighted by atomic mass is 32.2. The summed E-state index contributed by atoms with van der Waals surface area (Å²) in [5.41, 5.74) is 5.03. The Labute approximate surface area is 185 Å². The average molecular weight is 432 g/mol. The molecule has 1 atom stereocenters. The maximum absolute atomic E-state index is 13.6. The molecule has 0 aromatic heterocycles. The van der Waals surface area contributed by atoms with Crippen LogP contribution in [0.15, 0.2) is 71.1 Å². The van der Waals surface area contributed by atoms with E-state index in [0.717, 1.165) is 27.4 Å². The molecule has 0 spiro atoms. The van der Waals surface area contributed by atoms with Crippen molar-refractivity contribution in [2.24, 2.45) is 0 Å². The van der Waals surface area contributed by atoms with Crippen molar-refractivity contribution in [2.75, 3.05) is 26.6 Å². The van der Waals surface area contributed by atoms with E-state index < -0.39 is 0 Å². The molecule has 31 heavy (non-hydrogen) atoms. The van der Waals surface area contributed by atoms with Gasteiger partial charge in [0.15, 0.2) is 17.3 Å². The molecule has 0 amide bonds. The van der Waals surface area contributed by atoms with E-state index in [4.69, 9.17) is 14.2 Å². The fourth-order valence-electron chi connectivity index (χ4n) is 4.23. The number of benzene rings is 3. The van der Waals surface area contributed by atoms with E-state index >= 15 is 0 Å². The largest absolute Gasteiger partial charge is 0.493 e. The number of ether oxygens (including phenoxy) is 3. The molecule has 3 aromatic rings. The number of anilines is 1. The highest BCUT2D eigenvalue weighted by Gasteiger charge is 2.39. The van der Waals surface area contributed by atoms with Gasteiger partial charge in [-0.3, -0.25) is 4.79 Å². The first-order chi connectivity index (χ1) is 15.2. The van der Waals surface area contributed by atoms with E-state index in [0.29, 0.717) is 28.4 Å². The Hall–Kier alpha value is -3.38. The van der Waals surface area contributed by atoms with Gasteiger partial charge in [0.1, 0.15) is 0 Å². The molecule has 156 valence electrons. The van der Waals surface area contributed by atoms with Crippen LogP contribution >= 0.6 is 11.8 Å². The third-order valence-corrected chi connectivity index (χ3v) is 6.96. The predicted molar refractivity (Wildman–Crippen MR) is 122 cm³/mol. The SMILES string of the molecule is COc1ccc(C2Sc3ccccc3NC3=C2C(=O)c2ccccc23)c(OC)c1OC. The van der Waals surface area contributed by atoms with E-state index in [-0.39, 0.29) is 11.0 Å². The number of rotatable bonds is 4. The Morgan fingerprint density at radius 2 is 1.52 bits per heavy atom. The van der Waals surface area contributed by atoms with Crippen LogP contribution in [0.3, 0.4) is 0 Å². The first-order valence-corrected chi connectivity index (χ1v) is 10.8. The lowest BCUT2D eigenvalue weighted by molar-refractivity contribution is 0.103. The Morgan fingerprint density at radius 1 is 0.806 bits per heavy atom. The summed E-state index contributed by atoms with van der Waals surface area (Å²) in [7, 11) is 4.78. The van der Waals surface area contributed by atoms with Crippen molar-refractivity contribution >= 4 is 28.9 Å². The van der Waals surface area contributed by atoms with Crippen LogP contribution in [0.4, 0.5) is 5.69 Å². The van der Waals surface area contributed by atoms with Gasteiger partial charge in [0, 0.05) is 27.2 Å². The number of hydrogen-bond donors (Lipinski definition) is 1. The van der Waals surface area contributed by atoms with E-state index in [1.807, 2.05) is 54.6 Å². The molecule has 1 unspecified atom stereocenters. The molecule has 6 heteroatoms. The Balaban J connectivity index is 1.77. The molecule has 5 nitrogen and oxygen atoms in total. The fourth-order valence-corrected chi connectivity index (χ4v) is 5.54. The van der Waals surface area contributed by atoms with E-state index in [1.165, 1.54) is 0 Å². The molecule has 5 rings (SSSR count). The van der Waals surface area contributed by atoms with E-state index in [9.17, 15) is 4.79 Å². The molecule has 0 saturated heterocycles. The zero-order valence-electron chi connectivity index (χ0n) is 17.4. The van der Waals surface area contributed by atoms with Crippen molar-refractivity contribution in [3.05, 3.63) is 82.9 Å². The first-order valence-electron chi connectivity index (χ1n) is 9.87. The molecule has 2 aliphatic rings. The van der Waals surface area contributed by atoms with Crippen molar-refractivity contribution in [2.45, 2.75) is 10.1 Å². The molecule has 0 radical (unpaired) electrons. The minimum atomic E-state index is -0.291. The third-order valence-electron chi connectivity index (χ3n) is 5.63. The van der Waals surface area contributed by atoms with Gasteiger partial charge in [-0.25, -0.2) is 0 Å². The monoisotopic (exact) mass is 431 g/mol. The van der Waals surface area contributed by atoms with Crippen molar-refractivity contribution < 1.29 is 19.0 Å². The summed E-state index contributed by atoms with van der Waals surface area (Å²) in [4.78, 5) is 14.6. The van der Waals surface area contributed by atoms with Gasteiger partial charge in [0.25, 0.3) is 0 Å². The third kappa shape index (κ3) is 2.98. The van der Waals surface area contributed by atoms with Gasteiger partial charge in [-0.05, 0) is 24.3 Å². The maximum atomic E-state index is 13.6. The molecule has 3 aromatic carbocycles. The number of nitrogens with one attached hydrogen (secondary N) is 1. The van der Waals surface area contributed by atoms with Crippen LogP contribution in [-0.4, -0.2) is 27.1 Å².